The normalized spacial score (nSPS) is 14.4. The SMILES string of the molecule is CCCCCC=CCC=CCC=CCC=CCCCCCC(=O)OC(COC(=O)CCCCCCCCCC=CCCCCCC)COP(=O)(O)OCC(O)CO. The molecule has 3 unspecified atom stereocenters. The van der Waals surface area contributed by atoms with Crippen molar-refractivity contribution >= 4 is 19.8 Å². The predicted molar refractivity (Wildman–Crippen MR) is 233 cm³/mol. The Morgan fingerprint density at radius 2 is 0.912 bits per heavy atom. The Labute approximate surface area is 346 Å². The van der Waals surface area contributed by atoms with E-state index < -0.39 is 51.8 Å². The van der Waals surface area contributed by atoms with Gasteiger partial charge in [-0.15, -0.1) is 0 Å². The van der Waals surface area contributed by atoms with Crippen LogP contribution in [0.25, 0.3) is 0 Å². The number of hydrogen-bond acceptors (Lipinski definition) is 9. The van der Waals surface area contributed by atoms with Gasteiger partial charge in [0.2, 0.25) is 0 Å². The zero-order valence-electron chi connectivity index (χ0n) is 35.8. The molecule has 0 aromatic carbocycles. The van der Waals surface area contributed by atoms with Crippen LogP contribution >= 0.6 is 7.82 Å². The van der Waals surface area contributed by atoms with Crippen LogP contribution in [0.5, 0.6) is 0 Å². The first-order chi connectivity index (χ1) is 27.7. The van der Waals surface area contributed by atoms with Gasteiger partial charge in [-0.3, -0.25) is 18.6 Å². The zero-order chi connectivity index (χ0) is 41.9. The van der Waals surface area contributed by atoms with E-state index in [0.29, 0.717) is 12.8 Å². The highest BCUT2D eigenvalue weighted by Crippen LogP contribution is 2.43. The highest BCUT2D eigenvalue weighted by Gasteiger charge is 2.27. The average molecular weight is 825 g/mol. The molecular weight excluding hydrogens is 743 g/mol. The highest BCUT2D eigenvalue weighted by molar-refractivity contribution is 7.47. The van der Waals surface area contributed by atoms with E-state index >= 15 is 0 Å². The summed E-state index contributed by atoms with van der Waals surface area (Å²) in [7, 11) is -4.63. The zero-order valence-corrected chi connectivity index (χ0v) is 36.7. The van der Waals surface area contributed by atoms with Gasteiger partial charge in [0.25, 0.3) is 0 Å². The molecule has 0 rings (SSSR count). The fraction of sp³-hybridized carbons (Fsp3) is 0.739. The Kier molecular flexibility index (Phi) is 40.1. The number of aliphatic hydroxyl groups excluding tert-OH is 2. The number of unbranched alkanes of at least 4 members (excludes halogenated alkanes) is 17. The molecule has 0 saturated carbocycles. The number of rotatable bonds is 41. The van der Waals surface area contributed by atoms with E-state index in [1.54, 1.807) is 0 Å². The van der Waals surface area contributed by atoms with Gasteiger partial charge in [0.05, 0.1) is 19.8 Å². The molecule has 0 aliphatic carbocycles. The van der Waals surface area contributed by atoms with Crippen molar-refractivity contribution < 1.29 is 47.8 Å². The molecule has 3 N–H and O–H groups in total. The van der Waals surface area contributed by atoms with Gasteiger partial charge in [0, 0.05) is 12.8 Å². The maximum atomic E-state index is 12.6. The summed E-state index contributed by atoms with van der Waals surface area (Å²) in [4.78, 5) is 35.0. The minimum Gasteiger partial charge on any atom is -0.462 e. The molecule has 330 valence electrons. The van der Waals surface area contributed by atoms with Gasteiger partial charge >= 0.3 is 19.8 Å². The average Bonchev–Trinajstić information content (AvgIpc) is 3.20. The van der Waals surface area contributed by atoms with Gasteiger partial charge in [-0.05, 0) is 83.5 Å². The van der Waals surface area contributed by atoms with E-state index in [9.17, 15) is 24.2 Å². The molecule has 11 heteroatoms. The number of hydrogen-bond donors (Lipinski definition) is 3. The molecule has 0 aromatic heterocycles. The maximum absolute atomic E-state index is 12.6. The first kappa shape index (κ1) is 54.7. The van der Waals surface area contributed by atoms with Crippen molar-refractivity contribution in [1.29, 1.82) is 0 Å². The Morgan fingerprint density at radius 1 is 0.526 bits per heavy atom. The molecule has 0 heterocycles. The maximum Gasteiger partial charge on any atom is 0.472 e. The Balaban J connectivity index is 4.37. The highest BCUT2D eigenvalue weighted by atomic mass is 31.2. The Bertz CT molecular complexity index is 1130. The van der Waals surface area contributed by atoms with Gasteiger partial charge in [0.1, 0.15) is 12.7 Å². The molecule has 57 heavy (non-hydrogen) atoms. The summed E-state index contributed by atoms with van der Waals surface area (Å²) >= 11 is 0. The first-order valence-corrected chi connectivity index (χ1v) is 23.7. The lowest BCUT2D eigenvalue weighted by molar-refractivity contribution is -0.161. The summed E-state index contributed by atoms with van der Waals surface area (Å²) in [6.45, 7) is 2.29. The van der Waals surface area contributed by atoms with Crippen molar-refractivity contribution in [2.75, 3.05) is 26.4 Å². The van der Waals surface area contributed by atoms with Crippen LogP contribution in [0.3, 0.4) is 0 Å². The van der Waals surface area contributed by atoms with E-state index in [4.69, 9.17) is 19.1 Å². The molecule has 10 nitrogen and oxygen atoms in total. The van der Waals surface area contributed by atoms with Crippen LogP contribution in [0.2, 0.25) is 0 Å². The number of phosphoric ester groups is 1. The summed E-state index contributed by atoms with van der Waals surface area (Å²) in [6, 6.07) is 0. The number of carbonyl (C=O) groups excluding carboxylic acids is 2. The minimum absolute atomic E-state index is 0.144. The Morgan fingerprint density at radius 3 is 1.44 bits per heavy atom. The van der Waals surface area contributed by atoms with E-state index in [2.05, 4.69) is 79.1 Å². The lowest BCUT2D eigenvalue weighted by Crippen LogP contribution is -2.29. The fourth-order valence-electron chi connectivity index (χ4n) is 5.68. The predicted octanol–water partition coefficient (Wildman–Crippen LogP) is 11.9. The second-order valence-electron chi connectivity index (χ2n) is 14.7. The molecule has 0 aliphatic rings. The molecular formula is C46H81O10P. The summed E-state index contributed by atoms with van der Waals surface area (Å²) < 4.78 is 32.7. The molecule has 0 saturated heterocycles. The second kappa shape index (κ2) is 41.8. The van der Waals surface area contributed by atoms with Crippen LogP contribution < -0.4 is 0 Å². The first-order valence-electron chi connectivity index (χ1n) is 22.2. The third-order valence-electron chi connectivity index (χ3n) is 9.14. The number of phosphoric acid groups is 1. The van der Waals surface area contributed by atoms with E-state index in [0.717, 1.165) is 64.2 Å². The number of carbonyl (C=O) groups is 2. The molecule has 0 amide bonds. The smallest absolute Gasteiger partial charge is 0.462 e. The molecule has 3 atom stereocenters. The fourth-order valence-corrected chi connectivity index (χ4v) is 6.47. The summed E-state index contributed by atoms with van der Waals surface area (Å²) in [5.74, 6) is -0.968. The van der Waals surface area contributed by atoms with Crippen molar-refractivity contribution in [3.8, 4) is 0 Å². The van der Waals surface area contributed by atoms with Crippen molar-refractivity contribution in [2.24, 2.45) is 0 Å². The molecule has 0 aromatic rings. The monoisotopic (exact) mass is 825 g/mol. The van der Waals surface area contributed by atoms with Crippen LogP contribution in [-0.2, 0) is 32.7 Å². The number of ether oxygens (including phenoxy) is 2. The molecule has 0 spiro atoms. The van der Waals surface area contributed by atoms with Crippen molar-refractivity contribution in [2.45, 2.75) is 193 Å². The topological polar surface area (TPSA) is 149 Å². The van der Waals surface area contributed by atoms with Gasteiger partial charge in [-0.25, -0.2) is 4.57 Å². The molecule has 0 aliphatic heterocycles. The van der Waals surface area contributed by atoms with Crippen molar-refractivity contribution in [3.05, 3.63) is 60.8 Å². The van der Waals surface area contributed by atoms with Crippen LogP contribution in [0, 0.1) is 0 Å². The van der Waals surface area contributed by atoms with E-state index in [-0.39, 0.29) is 19.4 Å². The summed E-state index contributed by atoms with van der Waals surface area (Å²) in [5.41, 5.74) is 0. The largest absolute Gasteiger partial charge is 0.472 e. The standard InChI is InChI=1S/C46H81O10P/c1-3-5-7-9-11-13-15-17-19-20-21-22-24-26-28-30-32-34-36-38-46(50)56-44(42-55-57(51,52)54-40-43(48)39-47)41-53-45(49)37-35-33-31-29-27-25-23-18-16-14-12-10-8-6-4-2/h11,13-14,16-17,19,21-22,26,28,43-44,47-48H,3-10,12,15,18,20,23-25,27,29-42H2,1-2H3,(H,51,52). The molecule has 0 fully saturated rings. The lowest BCUT2D eigenvalue weighted by Gasteiger charge is -2.20. The molecule has 0 radical (unpaired) electrons. The molecule has 0 bridgehead atoms. The quantitative estimate of drug-likeness (QED) is 0.0235. The van der Waals surface area contributed by atoms with E-state index in [1.807, 2.05) is 0 Å². The second-order valence-corrected chi connectivity index (χ2v) is 16.2. The van der Waals surface area contributed by atoms with Gasteiger partial charge in [-0.2, -0.15) is 0 Å². The summed E-state index contributed by atoms with van der Waals surface area (Å²) in [6.07, 6.45) is 46.1. The number of aliphatic hydroxyl groups is 2. The van der Waals surface area contributed by atoms with Crippen LogP contribution in [0.15, 0.2) is 60.8 Å². The van der Waals surface area contributed by atoms with Gasteiger partial charge in [0.15, 0.2) is 6.10 Å². The number of allylic oxidation sites excluding steroid dienone is 10. The lowest BCUT2D eigenvalue weighted by atomic mass is 10.1. The van der Waals surface area contributed by atoms with Crippen LogP contribution in [0.1, 0.15) is 181 Å². The Hall–Kier alpha value is -2.33. The third-order valence-corrected chi connectivity index (χ3v) is 10.1. The minimum atomic E-state index is -4.63. The van der Waals surface area contributed by atoms with Crippen LogP contribution in [-0.4, -0.2) is 65.7 Å². The summed E-state index contributed by atoms with van der Waals surface area (Å²) in [5, 5.41) is 18.3. The van der Waals surface area contributed by atoms with Gasteiger partial charge in [-0.1, -0.05) is 145 Å². The number of esters is 2. The third kappa shape index (κ3) is 41.6. The van der Waals surface area contributed by atoms with Crippen LogP contribution in [0.4, 0.5) is 0 Å². The van der Waals surface area contributed by atoms with Crippen molar-refractivity contribution in [1.82, 2.24) is 0 Å². The van der Waals surface area contributed by atoms with E-state index in [1.165, 1.54) is 77.0 Å². The van der Waals surface area contributed by atoms with Gasteiger partial charge < -0.3 is 24.6 Å². The van der Waals surface area contributed by atoms with Crippen molar-refractivity contribution in [3.63, 3.8) is 0 Å².